The molecule has 0 fully saturated rings. The first-order valence-electron chi connectivity index (χ1n) is 17.8. The fraction of sp³-hybridized carbons (Fsp3) is 0.0417. The summed E-state index contributed by atoms with van der Waals surface area (Å²) in [5.41, 5.74) is 16.5. The first-order chi connectivity index (χ1) is 25.7. The lowest BCUT2D eigenvalue weighted by Gasteiger charge is -2.26. The highest BCUT2D eigenvalue weighted by Crippen LogP contribution is 2.47. The fourth-order valence-corrected chi connectivity index (χ4v) is 8.05. The summed E-state index contributed by atoms with van der Waals surface area (Å²) in [4.78, 5) is 12.2. The molecular formula is C48H34N4. The molecule has 52 heavy (non-hydrogen) atoms. The Morgan fingerprint density at radius 2 is 1.29 bits per heavy atom. The molecule has 0 bridgehead atoms. The molecule has 0 saturated carbocycles. The van der Waals surface area contributed by atoms with Crippen molar-refractivity contribution in [2.75, 3.05) is 4.90 Å². The molecule has 0 N–H and O–H groups in total. The molecule has 1 aliphatic carbocycles. The van der Waals surface area contributed by atoms with Crippen LogP contribution in [0.2, 0.25) is 0 Å². The summed E-state index contributed by atoms with van der Waals surface area (Å²) in [5, 5.41) is 2.50. The van der Waals surface area contributed by atoms with Crippen LogP contribution in [0, 0.1) is 6.92 Å². The van der Waals surface area contributed by atoms with Gasteiger partial charge in [-0.3, -0.25) is 9.55 Å². The Kier molecular flexibility index (Phi) is 7.07. The quantitative estimate of drug-likeness (QED) is 0.177. The summed E-state index contributed by atoms with van der Waals surface area (Å²) in [6.07, 6.45) is 4.84. The smallest absolute Gasteiger partial charge is 0.137 e. The first-order valence-corrected chi connectivity index (χ1v) is 17.8. The third-order valence-corrected chi connectivity index (χ3v) is 10.4. The largest absolute Gasteiger partial charge is 0.310 e. The Morgan fingerprint density at radius 3 is 2.12 bits per heavy atom. The van der Waals surface area contributed by atoms with Crippen LogP contribution >= 0.6 is 0 Å². The number of hydrogen-bond acceptors (Lipinski definition) is 3. The highest BCUT2D eigenvalue weighted by molar-refractivity contribution is 6.18. The summed E-state index contributed by atoms with van der Waals surface area (Å²) >= 11 is 0. The van der Waals surface area contributed by atoms with Crippen LogP contribution in [0.5, 0.6) is 0 Å². The summed E-state index contributed by atoms with van der Waals surface area (Å²) < 4.78 is 2.33. The van der Waals surface area contributed by atoms with Crippen molar-refractivity contribution in [3.05, 3.63) is 193 Å². The number of rotatable bonds is 6. The van der Waals surface area contributed by atoms with E-state index < -0.39 is 0 Å². The van der Waals surface area contributed by atoms with Crippen LogP contribution in [-0.4, -0.2) is 14.5 Å². The zero-order valence-corrected chi connectivity index (χ0v) is 28.7. The predicted molar refractivity (Wildman–Crippen MR) is 215 cm³/mol. The molecule has 0 spiro atoms. The molecule has 9 aromatic rings. The van der Waals surface area contributed by atoms with E-state index >= 15 is 0 Å². The van der Waals surface area contributed by atoms with Crippen molar-refractivity contribution in [2.45, 2.75) is 13.3 Å². The Hall–Kier alpha value is -6.78. The van der Waals surface area contributed by atoms with Gasteiger partial charge in [0, 0.05) is 51.4 Å². The van der Waals surface area contributed by atoms with Crippen molar-refractivity contribution >= 4 is 38.9 Å². The second kappa shape index (κ2) is 12.2. The minimum absolute atomic E-state index is 0.902. The van der Waals surface area contributed by atoms with Gasteiger partial charge in [-0.15, -0.1) is 0 Å². The molecule has 0 aliphatic heterocycles. The molecular weight excluding hydrogens is 633 g/mol. The van der Waals surface area contributed by atoms with Crippen LogP contribution in [0.1, 0.15) is 16.7 Å². The number of nitrogens with zero attached hydrogens (tertiary/aromatic N) is 4. The van der Waals surface area contributed by atoms with Crippen LogP contribution < -0.4 is 4.90 Å². The number of benzene rings is 6. The van der Waals surface area contributed by atoms with E-state index in [2.05, 4.69) is 168 Å². The molecule has 0 saturated heterocycles. The van der Waals surface area contributed by atoms with Gasteiger partial charge in [0.15, 0.2) is 0 Å². The minimum Gasteiger partial charge on any atom is -0.310 e. The number of hydrogen-bond donors (Lipinski definition) is 0. The number of para-hydroxylation sites is 1. The number of pyridine rings is 2. The molecule has 0 unspecified atom stereocenters. The van der Waals surface area contributed by atoms with Crippen LogP contribution in [0.25, 0.3) is 61.1 Å². The van der Waals surface area contributed by atoms with Gasteiger partial charge in [-0.25, -0.2) is 4.98 Å². The third-order valence-electron chi connectivity index (χ3n) is 10.4. The molecule has 0 atom stereocenters. The van der Waals surface area contributed by atoms with Crippen molar-refractivity contribution < 1.29 is 0 Å². The van der Waals surface area contributed by atoms with E-state index in [1.165, 1.54) is 44.2 Å². The average molecular weight is 667 g/mol. The molecule has 0 radical (unpaired) electrons. The normalized spacial score (nSPS) is 11.9. The van der Waals surface area contributed by atoms with E-state index in [0.29, 0.717) is 0 Å². The number of anilines is 3. The maximum absolute atomic E-state index is 4.96. The van der Waals surface area contributed by atoms with Gasteiger partial charge in [0.2, 0.25) is 0 Å². The van der Waals surface area contributed by atoms with E-state index in [4.69, 9.17) is 9.97 Å². The minimum atomic E-state index is 0.902. The Labute approximate surface area is 302 Å². The maximum atomic E-state index is 4.96. The molecule has 0 amide bonds. The number of aryl methyl sites for hydroxylation is 1. The molecule has 246 valence electrons. The van der Waals surface area contributed by atoms with E-state index in [0.717, 1.165) is 57.2 Å². The highest BCUT2D eigenvalue weighted by atomic mass is 15.1. The lowest BCUT2D eigenvalue weighted by atomic mass is 9.99. The van der Waals surface area contributed by atoms with Gasteiger partial charge in [0.25, 0.3) is 0 Å². The van der Waals surface area contributed by atoms with Crippen LogP contribution in [0.15, 0.2) is 176 Å². The highest BCUT2D eigenvalue weighted by Gasteiger charge is 2.26. The van der Waals surface area contributed by atoms with Crippen molar-refractivity contribution in [3.8, 4) is 39.3 Å². The van der Waals surface area contributed by atoms with Crippen molar-refractivity contribution in [2.24, 2.45) is 0 Å². The maximum Gasteiger partial charge on any atom is 0.137 e. The first kappa shape index (κ1) is 30.1. The van der Waals surface area contributed by atoms with Gasteiger partial charge < -0.3 is 4.90 Å². The SMILES string of the molecule is Cc1cc(-c2cccc(N(c3ccccc3)c3ccc4c5c6c(ccc5n(-c5ccccn5)c4c3)Cc3ccccc3-6)c2)ncc1-c1ccccc1. The van der Waals surface area contributed by atoms with Gasteiger partial charge in [-0.2, -0.15) is 0 Å². The second-order valence-corrected chi connectivity index (χ2v) is 13.5. The topological polar surface area (TPSA) is 34.0 Å². The summed E-state index contributed by atoms with van der Waals surface area (Å²) in [6, 6.07) is 58.5. The summed E-state index contributed by atoms with van der Waals surface area (Å²) in [7, 11) is 0. The van der Waals surface area contributed by atoms with E-state index in [1.54, 1.807) is 0 Å². The monoisotopic (exact) mass is 666 g/mol. The molecule has 6 aromatic carbocycles. The van der Waals surface area contributed by atoms with Gasteiger partial charge in [-0.05, 0) is 107 Å². The predicted octanol–water partition coefficient (Wildman–Crippen LogP) is 12.3. The van der Waals surface area contributed by atoms with Crippen molar-refractivity contribution in [1.29, 1.82) is 0 Å². The number of fused-ring (bicyclic) bond motifs is 7. The van der Waals surface area contributed by atoms with Crippen LogP contribution in [0.4, 0.5) is 17.1 Å². The second-order valence-electron chi connectivity index (χ2n) is 13.5. The van der Waals surface area contributed by atoms with Crippen molar-refractivity contribution in [1.82, 2.24) is 14.5 Å². The Balaban J connectivity index is 1.16. The Bertz CT molecular complexity index is 2770. The van der Waals surface area contributed by atoms with Crippen LogP contribution in [0.3, 0.4) is 0 Å². The van der Waals surface area contributed by atoms with E-state index in [1.807, 2.05) is 24.5 Å². The van der Waals surface area contributed by atoms with E-state index in [9.17, 15) is 0 Å². The van der Waals surface area contributed by atoms with E-state index in [-0.39, 0.29) is 0 Å². The lowest BCUT2D eigenvalue weighted by Crippen LogP contribution is -2.10. The standard InChI is InChI=1S/C48H34N4/c1-32-27-43(50-31-42(32)33-13-4-2-5-14-33)35-16-12-19-38(29-35)51(37-17-6-3-7-18-37)39-23-24-41-45(30-39)52(46-21-10-11-26-49-46)44-25-22-36-28-34-15-8-9-20-40(34)47(36)48(41)44/h2-27,29-31H,28H2,1H3. The molecule has 10 rings (SSSR count). The summed E-state index contributed by atoms with van der Waals surface area (Å²) in [6.45, 7) is 2.16. The fourth-order valence-electron chi connectivity index (χ4n) is 8.05. The van der Waals surface area contributed by atoms with Gasteiger partial charge in [-0.1, -0.05) is 103 Å². The summed E-state index contributed by atoms with van der Waals surface area (Å²) in [5.74, 6) is 0.902. The molecule has 3 aromatic heterocycles. The lowest BCUT2D eigenvalue weighted by molar-refractivity contribution is 1.08. The van der Waals surface area contributed by atoms with Crippen molar-refractivity contribution in [3.63, 3.8) is 0 Å². The van der Waals surface area contributed by atoms with Gasteiger partial charge >= 0.3 is 0 Å². The van der Waals surface area contributed by atoms with Gasteiger partial charge in [0.1, 0.15) is 5.82 Å². The molecule has 4 nitrogen and oxygen atoms in total. The van der Waals surface area contributed by atoms with Gasteiger partial charge in [0.05, 0.1) is 16.7 Å². The average Bonchev–Trinajstić information content (AvgIpc) is 3.74. The third kappa shape index (κ3) is 4.91. The zero-order chi connectivity index (χ0) is 34.6. The molecule has 1 aliphatic rings. The zero-order valence-electron chi connectivity index (χ0n) is 28.7. The van der Waals surface area contributed by atoms with Crippen LogP contribution in [-0.2, 0) is 6.42 Å². The Morgan fingerprint density at radius 1 is 0.538 bits per heavy atom. The molecule has 3 heterocycles. The molecule has 4 heteroatoms. The number of aromatic nitrogens is 3.